The Labute approximate surface area is 101 Å². The summed E-state index contributed by atoms with van der Waals surface area (Å²) in [6, 6.07) is 1.58. The van der Waals surface area contributed by atoms with Crippen LogP contribution in [0, 0.1) is 18.6 Å². The smallest absolute Gasteiger partial charge is 0.294 e. The molecule has 1 rings (SSSR count). The molecule has 0 saturated heterocycles. The van der Waals surface area contributed by atoms with E-state index in [9.17, 15) is 26.7 Å². The minimum atomic E-state index is -4.34. The fourth-order valence-electron chi connectivity index (χ4n) is 1.45. The molecule has 0 aromatic heterocycles. The maximum atomic E-state index is 13.3. The van der Waals surface area contributed by atoms with Gasteiger partial charge in [0.05, 0.1) is 5.56 Å². The van der Waals surface area contributed by atoms with Crippen LogP contribution in [-0.2, 0) is 0 Å². The summed E-state index contributed by atoms with van der Waals surface area (Å²) in [6.07, 6.45) is -6.25. The van der Waals surface area contributed by atoms with E-state index >= 15 is 0 Å². The van der Waals surface area contributed by atoms with Crippen LogP contribution in [0.5, 0.6) is 0 Å². The number of carbonyl (C=O) groups excluding carboxylic acids is 1. The number of benzene rings is 1. The van der Waals surface area contributed by atoms with Crippen molar-refractivity contribution in [2.75, 3.05) is 0 Å². The third-order valence-electron chi connectivity index (χ3n) is 2.41. The van der Waals surface area contributed by atoms with Gasteiger partial charge in [0.25, 0.3) is 0 Å². The molecule has 0 heterocycles. The molecule has 0 radical (unpaired) electrons. The van der Waals surface area contributed by atoms with Crippen LogP contribution in [0.15, 0.2) is 12.1 Å². The SMILES string of the molecule is Cc1cc(C(=O)CCCC(F)(F)F)c(F)cc1F. The van der Waals surface area contributed by atoms with Gasteiger partial charge in [-0.1, -0.05) is 0 Å². The monoisotopic (exact) mass is 266 g/mol. The second kappa shape index (κ2) is 5.46. The van der Waals surface area contributed by atoms with Crippen molar-refractivity contribution < 1.29 is 26.7 Å². The van der Waals surface area contributed by atoms with Crippen molar-refractivity contribution in [3.05, 3.63) is 34.9 Å². The molecule has 0 unspecified atom stereocenters. The normalized spacial score (nSPS) is 11.7. The van der Waals surface area contributed by atoms with E-state index in [-0.39, 0.29) is 11.1 Å². The van der Waals surface area contributed by atoms with E-state index in [2.05, 4.69) is 0 Å². The highest BCUT2D eigenvalue weighted by Crippen LogP contribution is 2.23. The average molecular weight is 266 g/mol. The van der Waals surface area contributed by atoms with Crippen LogP contribution in [0.4, 0.5) is 22.0 Å². The standard InChI is InChI=1S/C12H11F5O/c1-7-5-8(10(14)6-9(7)13)11(18)3-2-4-12(15,16)17/h5-6H,2-4H2,1H3. The van der Waals surface area contributed by atoms with Crippen LogP contribution in [0.25, 0.3) is 0 Å². The maximum Gasteiger partial charge on any atom is 0.389 e. The molecule has 1 nitrogen and oxygen atoms in total. The lowest BCUT2D eigenvalue weighted by Crippen LogP contribution is -2.09. The summed E-state index contributed by atoms with van der Waals surface area (Å²) in [7, 11) is 0. The molecule has 0 amide bonds. The molecule has 0 spiro atoms. The number of alkyl halides is 3. The molecule has 0 aliphatic carbocycles. The Balaban J connectivity index is 2.70. The fourth-order valence-corrected chi connectivity index (χ4v) is 1.45. The van der Waals surface area contributed by atoms with Gasteiger partial charge in [-0.3, -0.25) is 4.79 Å². The molecule has 0 aliphatic rings. The summed E-state index contributed by atoms with van der Waals surface area (Å²) in [5.41, 5.74) is -0.286. The van der Waals surface area contributed by atoms with Gasteiger partial charge in [0, 0.05) is 18.9 Å². The zero-order valence-electron chi connectivity index (χ0n) is 9.57. The first-order chi connectivity index (χ1) is 8.20. The van der Waals surface area contributed by atoms with E-state index < -0.39 is 42.9 Å². The summed E-state index contributed by atoms with van der Waals surface area (Å²) < 4.78 is 61.8. The second-order valence-corrected chi connectivity index (χ2v) is 3.97. The van der Waals surface area contributed by atoms with Crippen molar-refractivity contribution in [2.45, 2.75) is 32.4 Å². The molecule has 0 aliphatic heterocycles. The topological polar surface area (TPSA) is 17.1 Å². The minimum absolute atomic E-state index is 0.0792. The molecule has 1 aromatic carbocycles. The van der Waals surface area contributed by atoms with Crippen LogP contribution < -0.4 is 0 Å². The number of rotatable bonds is 4. The first kappa shape index (κ1) is 14.6. The van der Waals surface area contributed by atoms with Crippen LogP contribution in [-0.4, -0.2) is 12.0 Å². The van der Waals surface area contributed by atoms with Gasteiger partial charge in [0.1, 0.15) is 11.6 Å². The highest BCUT2D eigenvalue weighted by atomic mass is 19.4. The molecular weight excluding hydrogens is 255 g/mol. The fraction of sp³-hybridized carbons (Fsp3) is 0.417. The molecule has 0 N–H and O–H groups in total. The minimum Gasteiger partial charge on any atom is -0.294 e. The lowest BCUT2D eigenvalue weighted by Gasteiger charge is -2.07. The first-order valence-electron chi connectivity index (χ1n) is 5.26. The molecule has 0 bridgehead atoms. The number of hydrogen-bond acceptors (Lipinski definition) is 1. The lowest BCUT2D eigenvalue weighted by molar-refractivity contribution is -0.135. The molecule has 18 heavy (non-hydrogen) atoms. The molecule has 0 atom stereocenters. The van der Waals surface area contributed by atoms with Crippen molar-refractivity contribution in [1.82, 2.24) is 0 Å². The lowest BCUT2D eigenvalue weighted by atomic mass is 10.0. The first-order valence-corrected chi connectivity index (χ1v) is 5.26. The van der Waals surface area contributed by atoms with E-state index in [0.29, 0.717) is 6.07 Å². The Hall–Kier alpha value is -1.46. The number of hydrogen-bond donors (Lipinski definition) is 0. The average Bonchev–Trinajstić information content (AvgIpc) is 2.21. The van der Waals surface area contributed by atoms with Crippen LogP contribution in [0.2, 0.25) is 0 Å². The Morgan fingerprint density at radius 1 is 1.17 bits per heavy atom. The molecule has 100 valence electrons. The van der Waals surface area contributed by atoms with Crippen molar-refractivity contribution in [1.29, 1.82) is 0 Å². The van der Waals surface area contributed by atoms with Gasteiger partial charge < -0.3 is 0 Å². The van der Waals surface area contributed by atoms with E-state index in [4.69, 9.17) is 0 Å². The van der Waals surface area contributed by atoms with E-state index in [1.54, 1.807) is 0 Å². The molecular formula is C12H11F5O. The zero-order chi connectivity index (χ0) is 13.9. The molecule has 0 saturated carbocycles. The Morgan fingerprint density at radius 3 is 2.33 bits per heavy atom. The van der Waals surface area contributed by atoms with Gasteiger partial charge in [-0.25, -0.2) is 8.78 Å². The van der Waals surface area contributed by atoms with Gasteiger partial charge in [-0.2, -0.15) is 13.2 Å². The molecule has 1 aromatic rings. The highest BCUT2D eigenvalue weighted by Gasteiger charge is 2.27. The summed E-state index contributed by atoms with van der Waals surface area (Å²) in [5, 5.41) is 0. The predicted molar refractivity (Wildman–Crippen MR) is 55.3 cm³/mol. The van der Waals surface area contributed by atoms with Gasteiger partial charge >= 0.3 is 6.18 Å². The maximum absolute atomic E-state index is 13.3. The van der Waals surface area contributed by atoms with Crippen LogP contribution in [0.3, 0.4) is 0 Å². The Morgan fingerprint density at radius 2 is 1.78 bits per heavy atom. The zero-order valence-corrected chi connectivity index (χ0v) is 9.57. The van der Waals surface area contributed by atoms with E-state index in [1.807, 2.05) is 0 Å². The van der Waals surface area contributed by atoms with E-state index in [1.165, 1.54) is 6.92 Å². The van der Waals surface area contributed by atoms with Gasteiger partial charge in [-0.05, 0) is 25.0 Å². The van der Waals surface area contributed by atoms with Crippen molar-refractivity contribution in [3.8, 4) is 0 Å². The van der Waals surface area contributed by atoms with Gasteiger partial charge in [-0.15, -0.1) is 0 Å². The number of Topliss-reactive ketones (excluding diaryl/α,β-unsaturated/α-hetero) is 1. The van der Waals surface area contributed by atoms with Crippen molar-refractivity contribution >= 4 is 5.78 Å². The van der Waals surface area contributed by atoms with E-state index in [0.717, 1.165) is 6.07 Å². The van der Waals surface area contributed by atoms with Gasteiger partial charge in [0.15, 0.2) is 5.78 Å². The highest BCUT2D eigenvalue weighted by molar-refractivity contribution is 5.96. The van der Waals surface area contributed by atoms with Crippen LogP contribution >= 0.6 is 0 Å². The summed E-state index contributed by atoms with van der Waals surface area (Å²) in [5.74, 6) is -2.59. The van der Waals surface area contributed by atoms with Crippen molar-refractivity contribution in [3.63, 3.8) is 0 Å². The number of aryl methyl sites for hydroxylation is 1. The Bertz CT molecular complexity index is 451. The summed E-state index contributed by atoms with van der Waals surface area (Å²) >= 11 is 0. The van der Waals surface area contributed by atoms with Crippen LogP contribution in [0.1, 0.15) is 35.2 Å². The summed E-state index contributed by atoms with van der Waals surface area (Å²) in [4.78, 5) is 11.5. The predicted octanol–water partition coefficient (Wildman–Crippen LogP) is 4.19. The number of carbonyl (C=O) groups is 1. The third-order valence-corrected chi connectivity index (χ3v) is 2.41. The second-order valence-electron chi connectivity index (χ2n) is 3.97. The third kappa shape index (κ3) is 4.09. The van der Waals surface area contributed by atoms with Gasteiger partial charge in [0.2, 0.25) is 0 Å². The Kier molecular flexibility index (Phi) is 4.43. The largest absolute Gasteiger partial charge is 0.389 e. The quantitative estimate of drug-likeness (QED) is 0.590. The molecule has 6 heteroatoms. The number of ketones is 1. The van der Waals surface area contributed by atoms with Crippen molar-refractivity contribution in [2.24, 2.45) is 0 Å². The summed E-state index contributed by atoms with van der Waals surface area (Å²) in [6.45, 7) is 1.35. The molecule has 0 fully saturated rings. The number of halogens is 5.